The summed E-state index contributed by atoms with van der Waals surface area (Å²) in [6, 6.07) is 9.13. The maximum absolute atomic E-state index is 12.5. The standard InChI is InChI=1S/C21H22ClNO7S/c1-13(20(25)15-4-6-16(7-5-15)23-31(2,26)27)30-19(24)12-14-10-17(22)21-18(11-14)28-8-3-9-29-21/h4-7,10-11,13,23H,3,8-9,12H2,1-2H3/t13-/m0/s1. The molecule has 10 heteroatoms. The molecule has 1 heterocycles. The Morgan fingerprint density at radius 2 is 1.84 bits per heavy atom. The lowest BCUT2D eigenvalue weighted by atomic mass is 10.1. The molecule has 31 heavy (non-hydrogen) atoms. The van der Waals surface area contributed by atoms with Crippen LogP contribution in [0.1, 0.15) is 29.3 Å². The molecule has 1 N–H and O–H groups in total. The molecule has 1 aliphatic rings. The van der Waals surface area contributed by atoms with Gasteiger partial charge in [-0.05, 0) is 48.9 Å². The minimum absolute atomic E-state index is 0.0921. The van der Waals surface area contributed by atoms with Gasteiger partial charge >= 0.3 is 5.97 Å². The Bertz CT molecular complexity index is 1080. The first kappa shape index (κ1) is 22.9. The Kier molecular flexibility index (Phi) is 7.07. The highest BCUT2D eigenvalue weighted by Gasteiger charge is 2.21. The van der Waals surface area contributed by atoms with Crippen LogP contribution in [0.15, 0.2) is 36.4 Å². The molecule has 0 fully saturated rings. The van der Waals surface area contributed by atoms with Gasteiger partial charge < -0.3 is 14.2 Å². The zero-order chi connectivity index (χ0) is 22.6. The molecule has 0 unspecified atom stereocenters. The summed E-state index contributed by atoms with van der Waals surface area (Å²) in [5.41, 5.74) is 1.20. The Hall–Kier alpha value is -2.78. The number of rotatable bonds is 7. The van der Waals surface area contributed by atoms with E-state index in [9.17, 15) is 18.0 Å². The van der Waals surface area contributed by atoms with Gasteiger partial charge in [-0.3, -0.25) is 14.3 Å². The molecule has 166 valence electrons. The van der Waals surface area contributed by atoms with Crippen molar-refractivity contribution in [1.82, 2.24) is 0 Å². The molecule has 0 aromatic heterocycles. The van der Waals surface area contributed by atoms with E-state index in [0.29, 0.717) is 41.0 Å². The minimum Gasteiger partial charge on any atom is -0.489 e. The summed E-state index contributed by atoms with van der Waals surface area (Å²) in [7, 11) is -3.41. The number of esters is 1. The quantitative estimate of drug-likeness (QED) is 0.492. The Morgan fingerprint density at radius 3 is 2.52 bits per heavy atom. The van der Waals surface area contributed by atoms with Crippen LogP contribution in [0.25, 0.3) is 0 Å². The third kappa shape index (κ3) is 6.35. The molecule has 0 radical (unpaired) electrons. The van der Waals surface area contributed by atoms with E-state index in [1.165, 1.54) is 31.2 Å². The average Bonchev–Trinajstić information content (AvgIpc) is 2.92. The molecule has 0 amide bonds. The second-order valence-corrected chi connectivity index (χ2v) is 9.24. The summed E-state index contributed by atoms with van der Waals surface area (Å²) in [5.74, 6) is -0.0777. The van der Waals surface area contributed by atoms with E-state index in [1.807, 2.05) is 0 Å². The molecule has 0 spiro atoms. The highest BCUT2D eigenvalue weighted by atomic mass is 35.5. The first-order valence-corrected chi connectivity index (χ1v) is 11.8. The number of fused-ring (bicyclic) bond motifs is 1. The molecule has 8 nitrogen and oxygen atoms in total. The number of Topliss-reactive ketones (excluding diaryl/α,β-unsaturated/α-hetero) is 1. The van der Waals surface area contributed by atoms with Crippen molar-refractivity contribution >= 4 is 39.1 Å². The first-order valence-electron chi connectivity index (χ1n) is 9.52. The summed E-state index contributed by atoms with van der Waals surface area (Å²) in [6.45, 7) is 2.46. The summed E-state index contributed by atoms with van der Waals surface area (Å²) in [4.78, 5) is 24.9. The molecule has 0 saturated carbocycles. The van der Waals surface area contributed by atoms with E-state index in [2.05, 4.69) is 4.72 Å². The summed E-state index contributed by atoms with van der Waals surface area (Å²) in [5, 5.41) is 0.342. The van der Waals surface area contributed by atoms with Gasteiger partial charge in [-0.15, -0.1) is 0 Å². The lowest BCUT2D eigenvalue weighted by molar-refractivity contribution is -0.145. The number of carbonyl (C=O) groups is 2. The summed E-state index contributed by atoms with van der Waals surface area (Å²) in [6.07, 6.45) is 0.653. The molecule has 1 aliphatic heterocycles. The summed E-state index contributed by atoms with van der Waals surface area (Å²) < 4.78 is 41.3. The topological polar surface area (TPSA) is 108 Å². The van der Waals surface area contributed by atoms with Gasteiger partial charge in [0, 0.05) is 17.7 Å². The molecule has 0 bridgehead atoms. The number of halogens is 1. The summed E-state index contributed by atoms with van der Waals surface area (Å²) >= 11 is 6.24. The minimum atomic E-state index is -3.41. The predicted octanol–water partition coefficient (Wildman–Crippen LogP) is 3.23. The van der Waals surface area contributed by atoms with Crippen LogP contribution in [0.4, 0.5) is 5.69 Å². The average molecular weight is 468 g/mol. The van der Waals surface area contributed by atoms with E-state index in [0.717, 1.165) is 12.7 Å². The fourth-order valence-corrected chi connectivity index (χ4v) is 3.85. The van der Waals surface area contributed by atoms with Gasteiger partial charge in [0.05, 0.1) is 30.9 Å². The predicted molar refractivity (Wildman–Crippen MR) is 116 cm³/mol. The van der Waals surface area contributed by atoms with Gasteiger partial charge in [-0.2, -0.15) is 0 Å². The monoisotopic (exact) mass is 467 g/mol. The number of hydrogen-bond donors (Lipinski definition) is 1. The Labute approximate surface area is 185 Å². The number of hydrogen-bond acceptors (Lipinski definition) is 7. The van der Waals surface area contributed by atoms with E-state index in [4.69, 9.17) is 25.8 Å². The fraction of sp³-hybridized carbons (Fsp3) is 0.333. The molecular formula is C21H22ClNO7S. The van der Waals surface area contributed by atoms with Crippen molar-refractivity contribution in [2.45, 2.75) is 25.9 Å². The number of nitrogens with one attached hydrogen (secondary N) is 1. The number of ketones is 1. The number of carbonyl (C=O) groups excluding carboxylic acids is 2. The highest BCUT2D eigenvalue weighted by molar-refractivity contribution is 7.92. The van der Waals surface area contributed by atoms with Crippen LogP contribution >= 0.6 is 11.6 Å². The lowest BCUT2D eigenvalue weighted by Crippen LogP contribution is -2.25. The van der Waals surface area contributed by atoms with Crippen molar-refractivity contribution in [2.75, 3.05) is 24.2 Å². The van der Waals surface area contributed by atoms with Gasteiger partial charge in [0.1, 0.15) is 0 Å². The van der Waals surface area contributed by atoms with Gasteiger partial charge in [0.15, 0.2) is 17.6 Å². The van der Waals surface area contributed by atoms with Gasteiger partial charge in [-0.25, -0.2) is 8.42 Å². The number of ether oxygens (including phenoxy) is 3. The van der Waals surface area contributed by atoms with E-state index >= 15 is 0 Å². The van der Waals surface area contributed by atoms with Crippen molar-refractivity contribution in [3.05, 3.63) is 52.5 Å². The van der Waals surface area contributed by atoms with Gasteiger partial charge in [-0.1, -0.05) is 11.6 Å². The normalized spacial score (nSPS) is 14.3. The van der Waals surface area contributed by atoms with Crippen molar-refractivity contribution < 1.29 is 32.2 Å². The van der Waals surface area contributed by atoms with E-state index in [1.54, 1.807) is 12.1 Å². The maximum Gasteiger partial charge on any atom is 0.310 e. The molecule has 2 aromatic rings. The molecular weight excluding hydrogens is 446 g/mol. The fourth-order valence-electron chi connectivity index (χ4n) is 3.00. The molecule has 0 aliphatic carbocycles. The van der Waals surface area contributed by atoms with Crippen LogP contribution < -0.4 is 14.2 Å². The zero-order valence-electron chi connectivity index (χ0n) is 17.0. The Balaban J connectivity index is 1.62. The smallest absolute Gasteiger partial charge is 0.310 e. The van der Waals surface area contributed by atoms with E-state index in [-0.39, 0.29) is 12.0 Å². The first-order chi connectivity index (χ1) is 14.6. The lowest BCUT2D eigenvalue weighted by Gasteiger charge is -2.14. The largest absolute Gasteiger partial charge is 0.489 e. The van der Waals surface area contributed by atoms with Gasteiger partial charge in [0.25, 0.3) is 0 Å². The molecule has 1 atom stereocenters. The second kappa shape index (κ2) is 9.57. The second-order valence-electron chi connectivity index (χ2n) is 7.08. The van der Waals surface area contributed by atoms with Crippen LogP contribution in [0.5, 0.6) is 11.5 Å². The third-order valence-electron chi connectivity index (χ3n) is 4.36. The number of benzene rings is 2. The van der Waals surface area contributed by atoms with Crippen LogP contribution in [0.2, 0.25) is 5.02 Å². The SMILES string of the molecule is C[C@H](OC(=O)Cc1cc(Cl)c2c(c1)OCCCO2)C(=O)c1ccc(NS(C)(=O)=O)cc1. The molecule has 3 rings (SSSR count). The Morgan fingerprint density at radius 1 is 1.16 bits per heavy atom. The van der Waals surface area contributed by atoms with Gasteiger partial charge in [0.2, 0.25) is 15.8 Å². The number of sulfonamides is 1. The van der Waals surface area contributed by atoms with Crippen molar-refractivity contribution in [3.8, 4) is 11.5 Å². The number of anilines is 1. The highest BCUT2D eigenvalue weighted by Crippen LogP contribution is 2.38. The van der Waals surface area contributed by atoms with Crippen molar-refractivity contribution in [2.24, 2.45) is 0 Å². The van der Waals surface area contributed by atoms with Crippen LogP contribution in [-0.4, -0.2) is 45.7 Å². The van der Waals surface area contributed by atoms with Crippen LogP contribution in [-0.2, 0) is 26.0 Å². The zero-order valence-corrected chi connectivity index (χ0v) is 18.6. The third-order valence-corrected chi connectivity index (χ3v) is 5.25. The maximum atomic E-state index is 12.5. The van der Waals surface area contributed by atoms with E-state index < -0.39 is 27.9 Å². The van der Waals surface area contributed by atoms with Crippen molar-refractivity contribution in [3.63, 3.8) is 0 Å². The van der Waals surface area contributed by atoms with Crippen LogP contribution in [0.3, 0.4) is 0 Å². The molecule has 0 saturated heterocycles. The van der Waals surface area contributed by atoms with Crippen molar-refractivity contribution in [1.29, 1.82) is 0 Å². The van der Waals surface area contributed by atoms with Crippen LogP contribution in [0, 0.1) is 0 Å². The molecule has 2 aromatic carbocycles.